The number of rotatable bonds is 5. The summed E-state index contributed by atoms with van der Waals surface area (Å²) in [5, 5.41) is 4.71. The van der Waals surface area contributed by atoms with Gasteiger partial charge in [0.15, 0.2) is 0 Å². The van der Waals surface area contributed by atoms with E-state index in [4.69, 9.17) is 10.8 Å². The van der Waals surface area contributed by atoms with Crippen LogP contribution in [-0.2, 0) is 6.54 Å². The van der Waals surface area contributed by atoms with Crippen LogP contribution < -0.4 is 5.73 Å². The highest BCUT2D eigenvalue weighted by Crippen LogP contribution is 2.28. The van der Waals surface area contributed by atoms with Crippen molar-refractivity contribution >= 4 is 0 Å². The van der Waals surface area contributed by atoms with Crippen molar-refractivity contribution in [1.82, 2.24) is 14.7 Å². The molecule has 1 heterocycles. The first-order valence-corrected chi connectivity index (χ1v) is 6.98. The van der Waals surface area contributed by atoms with E-state index in [0.717, 1.165) is 12.2 Å². The molecule has 1 aliphatic carbocycles. The third-order valence-electron chi connectivity index (χ3n) is 4.29. The summed E-state index contributed by atoms with van der Waals surface area (Å²) in [5.74, 6) is 0. The smallest absolute Gasteiger partial charge is 0.0764 e. The van der Waals surface area contributed by atoms with Crippen LogP contribution in [0.5, 0.6) is 0 Å². The molecule has 2 rings (SSSR count). The maximum atomic E-state index is 5.80. The highest BCUT2D eigenvalue weighted by molar-refractivity contribution is 5.01. The first-order chi connectivity index (χ1) is 8.53. The number of nitrogens with zero attached hydrogens (tertiary/aromatic N) is 3. The van der Waals surface area contributed by atoms with Crippen molar-refractivity contribution < 1.29 is 0 Å². The normalized spacial score (nSPS) is 17.8. The molecule has 0 radical (unpaired) electrons. The molecule has 2 N–H and O–H groups in total. The summed E-state index contributed by atoms with van der Waals surface area (Å²) < 4.78 is 2.16. The summed E-state index contributed by atoms with van der Waals surface area (Å²) in [6, 6.07) is 2.77. The van der Waals surface area contributed by atoms with E-state index >= 15 is 0 Å². The fourth-order valence-corrected chi connectivity index (χ4v) is 2.45. The van der Waals surface area contributed by atoms with Crippen LogP contribution in [-0.4, -0.2) is 33.8 Å². The zero-order chi connectivity index (χ0) is 13.2. The zero-order valence-electron chi connectivity index (χ0n) is 11.9. The number of aromatic nitrogens is 2. The zero-order valence-corrected chi connectivity index (χ0v) is 11.9. The molecule has 0 unspecified atom stereocenters. The highest BCUT2D eigenvalue weighted by atomic mass is 15.3. The van der Waals surface area contributed by atoms with Crippen LogP contribution in [0.4, 0.5) is 0 Å². The lowest BCUT2D eigenvalue weighted by Gasteiger charge is -2.33. The maximum absolute atomic E-state index is 5.80. The molecule has 1 saturated carbocycles. The van der Waals surface area contributed by atoms with Crippen molar-refractivity contribution in [3.05, 3.63) is 18.0 Å². The second kappa shape index (κ2) is 5.41. The minimum Gasteiger partial charge on any atom is -0.329 e. The Bertz CT molecular complexity index is 377. The van der Waals surface area contributed by atoms with Crippen molar-refractivity contribution in [3.63, 3.8) is 0 Å². The minimum absolute atomic E-state index is 0.0249. The SMILES string of the molecule is CN(Cc1ccn(C2CCCC2)n1)C(C)(C)CN. The van der Waals surface area contributed by atoms with E-state index < -0.39 is 0 Å². The molecular weight excluding hydrogens is 224 g/mol. The van der Waals surface area contributed by atoms with Gasteiger partial charge in [-0.3, -0.25) is 9.58 Å². The minimum atomic E-state index is 0.0249. The lowest BCUT2D eigenvalue weighted by molar-refractivity contribution is 0.153. The fourth-order valence-electron chi connectivity index (χ4n) is 2.45. The Hall–Kier alpha value is -0.870. The van der Waals surface area contributed by atoms with Crippen molar-refractivity contribution in [2.75, 3.05) is 13.6 Å². The molecule has 102 valence electrons. The first kappa shape index (κ1) is 13.6. The topological polar surface area (TPSA) is 47.1 Å². The number of nitrogens with two attached hydrogens (primary N) is 1. The summed E-state index contributed by atoms with van der Waals surface area (Å²) in [7, 11) is 2.11. The van der Waals surface area contributed by atoms with Crippen LogP contribution in [0, 0.1) is 0 Å². The van der Waals surface area contributed by atoms with Gasteiger partial charge in [0.1, 0.15) is 0 Å². The summed E-state index contributed by atoms with van der Waals surface area (Å²) in [6.07, 6.45) is 7.39. The molecule has 1 aromatic heterocycles. The van der Waals surface area contributed by atoms with Crippen molar-refractivity contribution in [3.8, 4) is 0 Å². The van der Waals surface area contributed by atoms with Crippen molar-refractivity contribution in [2.24, 2.45) is 5.73 Å². The Morgan fingerprint density at radius 3 is 2.72 bits per heavy atom. The second-order valence-electron chi connectivity index (χ2n) is 6.10. The van der Waals surface area contributed by atoms with Gasteiger partial charge in [-0.25, -0.2) is 0 Å². The molecule has 1 fully saturated rings. The Kier molecular flexibility index (Phi) is 4.07. The molecule has 1 aliphatic rings. The molecule has 18 heavy (non-hydrogen) atoms. The monoisotopic (exact) mass is 250 g/mol. The van der Waals surface area contributed by atoms with Gasteiger partial charge in [-0.2, -0.15) is 5.10 Å². The first-order valence-electron chi connectivity index (χ1n) is 6.98. The van der Waals surface area contributed by atoms with Crippen LogP contribution in [0.1, 0.15) is 51.3 Å². The predicted molar refractivity (Wildman–Crippen MR) is 74.3 cm³/mol. The van der Waals surface area contributed by atoms with Gasteiger partial charge >= 0.3 is 0 Å². The van der Waals surface area contributed by atoms with Crippen LogP contribution in [0.15, 0.2) is 12.3 Å². The van der Waals surface area contributed by atoms with Gasteiger partial charge in [-0.15, -0.1) is 0 Å². The van der Waals surface area contributed by atoms with Gasteiger partial charge in [-0.05, 0) is 39.8 Å². The molecule has 0 bridgehead atoms. The summed E-state index contributed by atoms with van der Waals surface area (Å²) in [5.41, 5.74) is 6.97. The van der Waals surface area contributed by atoms with E-state index in [9.17, 15) is 0 Å². The molecule has 0 saturated heterocycles. The molecule has 1 aromatic rings. The molecule has 4 nitrogen and oxygen atoms in total. The van der Waals surface area contributed by atoms with Crippen LogP contribution in [0.25, 0.3) is 0 Å². The van der Waals surface area contributed by atoms with E-state index in [1.54, 1.807) is 0 Å². The quantitative estimate of drug-likeness (QED) is 0.871. The number of likely N-dealkylation sites (N-methyl/N-ethyl adjacent to an activating group) is 1. The van der Waals surface area contributed by atoms with E-state index in [2.05, 4.69) is 42.7 Å². The number of hydrogen-bond acceptors (Lipinski definition) is 3. The number of hydrogen-bond donors (Lipinski definition) is 1. The lowest BCUT2D eigenvalue weighted by Crippen LogP contribution is -2.46. The lowest BCUT2D eigenvalue weighted by atomic mass is 10.0. The highest BCUT2D eigenvalue weighted by Gasteiger charge is 2.23. The van der Waals surface area contributed by atoms with Gasteiger partial charge in [-0.1, -0.05) is 12.8 Å². The predicted octanol–water partition coefficient (Wildman–Crippen LogP) is 2.17. The standard InChI is InChI=1S/C14H26N4/c1-14(2,11-15)17(3)10-12-8-9-18(16-12)13-6-4-5-7-13/h8-9,13H,4-7,10-11,15H2,1-3H3. The van der Waals surface area contributed by atoms with Gasteiger partial charge in [0.2, 0.25) is 0 Å². The molecular formula is C14H26N4. The molecule has 0 amide bonds. The van der Waals surface area contributed by atoms with E-state index in [1.165, 1.54) is 25.7 Å². The van der Waals surface area contributed by atoms with Crippen LogP contribution in [0.2, 0.25) is 0 Å². The Balaban J connectivity index is 1.98. The van der Waals surface area contributed by atoms with Gasteiger partial charge in [0.25, 0.3) is 0 Å². The second-order valence-corrected chi connectivity index (χ2v) is 6.10. The Morgan fingerprint density at radius 2 is 2.11 bits per heavy atom. The van der Waals surface area contributed by atoms with Crippen molar-refractivity contribution in [2.45, 2.75) is 57.7 Å². The van der Waals surface area contributed by atoms with Gasteiger partial charge < -0.3 is 5.73 Å². The molecule has 4 heteroatoms. The van der Waals surface area contributed by atoms with E-state index in [-0.39, 0.29) is 5.54 Å². The fraction of sp³-hybridized carbons (Fsp3) is 0.786. The largest absolute Gasteiger partial charge is 0.329 e. The van der Waals surface area contributed by atoms with Crippen LogP contribution >= 0.6 is 0 Å². The Labute approximate surface area is 110 Å². The summed E-state index contributed by atoms with van der Waals surface area (Å²) in [6.45, 7) is 5.86. The molecule has 0 spiro atoms. The maximum Gasteiger partial charge on any atom is 0.0764 e. The van der Waals surface area contributed by atoms with Gasteiger partial charge in [0.05, 0.1) is 11.7 Å². The van der Waals surface area contributed by atoms with E-state index in [0.29, 0.717) is 12.6 Å². The van der Waals surface area contributed by atoms with Crippen LogP contribution in [0.3, 0.4) is 0 Å². The average Bonchev–Trinajstić information content (AvgIpc) is 2.98. The van der Waals surface area contributed by atoms with Gasteiger partial charge in [0, 0.05) is 24.8 Å². The average molecular weight is 250 g/mol. The third-order valence-corrected chi connectivity index (χ3v) is 4.29. The Morgan fingerprint density at radius 1 is 1.44 bits per heavy atom. The third kappa shape index (κ3) is 2.93. The molecule has 0 aromatic carbocycles. The van der Waals surface area contributed by atoms with E-state index in [1.807, 2.05) is 0 Å². The summed E-state index contributed by atoms with van der Waals surface area (Å²) >= 11 is 0. The molecule has 0 aliphatic heterocycles. The molecule has 0 atom stereocenters. The summed E-state index contributed by atoms with van der Waals surface area (Å²) in [4.78, 5) is 2.27. The van der Waals surface area contributed by atoms with Crippen molar-refractivity contribution in [1.29, 1.82) is 0 Å².